The van der Waals surface area contributed by atoms with E-state index in [1.54, 1.807) is 12.1 Å². The van der Waals surface area contributed by atoms with Gasteiger partial charge in [0, 0.05) is 23.1 Å². The van der Waals surface area contributed by atoms with Gasteiger partial charge in [-0.2, -0.15) is 13.2 Å². The van der Waals surface area contributed by atoms with E-state index in [4.69, 9.17) is 23.2 Å². The molecule has 0 aliphatic carbocycles. The van der Waals surface area contributed by atoms with Gasteiger partial charge >= 0.3 is 6.18 Å². The van der Waals surface area contributed by atoms with Gasteiger partial charge in [-0.3, -0.25) is 13.9 Å². The number of halogens is 5. The van der Waals surface area contributed by atoms with Crippen LogP contribution in [0.1, 0.15) is 31.4 Å². The van der Waals surface area contributed by atoms with Crippen molar-refractivity contribution in [2.75, 3.05) is 23.7 Å². The minimum absolute atomic E-state index is 0.171. The van der Waals surface area contributed by atoms with Crippen LogP contribution in [0.2, 0.25) is 10.0 Å². The van der Waals surface area contributed by atoms with Crippen LogP contribution >= 0.6 is 23.2 Å². The molecule has 0 spiro atoms. The van der Waals surface area contributed by atoms with Crippen LogP contribution in [-0.2, 0) is 32.3 Å². The molecule has 0 unspecified atom stereocenters. The van der Waals surface area contributed by atoms with E-state index in [2.05, 4.69) is 5.32 Å². The lowest BCUT2D eigenvalue weighted by Gasteiger charge is -2.31. The molecule has 0 saturated heterocycles. The molecule has 0 fully saturated rings. The highest BCUT2D eigenvalue weighted by Gasteiger charge is 2.33. The Hall–Kier alpha value is -2.50. The summed E-state index contributed by atoms with van der Waals surface area (Å²) in [6, 6.07) is 7.15. The average Bonchev–Trinajstić information content (AvgIpc) is 2.78. The number of nitrogens with zero attached hydrogens (tertiary/aromatic N) is 2. The number of carbonyl (C=O) groups is 2. The molecule has 0 aromatic heterocycles. The Morgan fingerprint density at radius 2 is 1.78 bits per heavy atom. The number of anilines is 1. The SMILES string of the molecule is CCCNC(=O)[C@@H](C)N(Cc1ccc(Cl)cc1Cl)C(=O)CN(c1cccc(C(F)(F)F)c1)S(C)(=O)=O. The molecule has 0 bridgehead atoms. The first-order valence-electron chi connectivity index (χ1n) is 10.8. The van der Waals surface area contributed by atoms with Crippen LogP contribution in [0.15, 0.2) is 42.5 Å². The summed E-state index contributed by atoms with van der Waals surface area (Å²) >= 11 is 12.2. The van der Waals surface area contributed by atoms with Gasteiger partial charge in [-0.15, -0.1) is 0 Å². The molecule has 0 saturated carbocycles. The van der Waals surface area contributed by atoms with Crippen molar-refractivity contribution >= 4 is 50.7 Å². The van der Waals surface area contributed by atoms with Gasteiger partial charge in [0.05, 0.1) is 17.5 Å². The van der Waals surface area contributed by atoms with E-state index in [-0.39, 0.29) is 17.3 Å². The molecule has 198 valence electrons. The van der Waals surface area contributed by atoms with Crippen LogP contribution in [0, 0.1) is 0 Å². The van der Waals surface area contributed by atoms with Crippen LogP contribution < -0.4 is 9.62 Å². The first-order chi connectivity index (χ1) is 16.6. The number of hydrogen-bond donors (Lipinski definition) is 1. The van der Waals surface area contributed by atoms with Crippen LogP contribution in [-0.4, -0.2) is 50.5 Å². The zero-order valence-electron chi connectivity index (χ0n) is 19.8. The summed E-state index contributed by atoms with van der Waals surface area (Å²) in [7, 11) is -4.18. The number of alkyl halides is 3. The van der Waals surface area contributed by atoms with Crippen LogP contribution in [0.3, 0.4) is 0 Å². The highest BCUT2D eigenvalue weighted by atomic mass is 35.5. The summed E-state index contributed by atoms with van der Waals surface area (Å²) in [5, 5.41) is 3.24. The Morgan fingerprint density at radius 3 is 2.33 bits per heavy atom. The van der Waals surface area contributed by atoms with Crippen molar-refractivity contribution in [2.45, 2.75) is 39.0 Å². The monoisotopic (exact) mass is 567 g/mol. The molecule has 2 amide bonds. The number of hydrogen-bond acceptors (Lipinski definition) is 4. The van der Waals surface area contributed by atoms with Gasteiger partial charge < -0.3 is 10.2 Å². The lowest BCUT2D eigenvalue weighted by molar-refractivity contribution is -0.139. The fourth-order valence-electron chi connectivity index (χ4n) is 3.26. The zero-order chi connectivity index (χ0) is 27.3. The van der Waals surface area contributed by atoms with Crippen molar-refractivity contribution in [3.8, 4) is 0 Å². The second kappa shape index (κ2) is 12.2. The molecule has 1 atom stereocenters. The summed E-state index contributed by atoms with van der Waals surface area (Å²) in [6.45, 7) is 2.65. The highest BCUT2D eigenvalue weighted by Crippen LogP contribution is 2.32. The van der Waals surface area contributed by atoms with Gasteiger partial charge in [-0.25, -0.2) is 8.42 Å². The van der Waals surface area contributed by atoms with Crippen molar-refractivity contribution in [1.82, 2.24) is 10.2 Å². The number of sulfonamides is 1. The predicted molar refractivity (Wildman–Crippen MR) is 133 cm³/mol. The molecular formula is C23H26Cl2F3N3O4S. The number of nitrogens with one attached hydrogen (secondary N) is 1. The molecule has 0 aliphatic rings. The maximum Gasteiger partial charge on any atom is 0.416 e. The summed E-state index contributed by atoms with van der Waals surface area (Å²) < 4.78 is 65.2. The first kappa shape index (κ1) is 29.7. The number of rotatable bonds is 10. The Kier molecular flexibility index (Phi) is 10.0. The summed E-state index contributed by atoms with van der Waals surface area (Å²) in [5.41, 5.74) is -0.971. The van der Waals surface area contributed by atoms with Gasteiger partial charge in [-0.05, 0) is 49.2 Å². The van der Waals surface area contributed by atoms with Crippen molar-refractivity contribution < 1.29 is 31.2 Å². The van der Waals surface area contributed by atoms with Crippen molar-refractivity contribution in [1.29, 1.82) is 0 Å². The minimum Gasteiger partial charge on any atom is -0.354 e. The van der Waals surface area contributed by atoms with Gasteiger partial charge in [0.1, 0.15) is 12.6 Å². The fraction of sp³-hybridized carbons (Fsp3) is 0.391. The Bertz CT molecular complexity index is 1210. The molecule has 13 heteroatoms. The Labute approximate surface area is 218 Å². The molecule has 2 aromatic carbocycles. The molecule has 0 heterocycles. The molecule has 0 radical (unpaired) electrons. The number of benzene rings is 2. The van der Waals surface area contributed by atoms with E-state index in [9.17, 15) is 31.2 Å². The topological polar surface area (TPSA) is 86.8 Å². The Balaban J connectivity index is 2.46. The summed E-state index contributed by atoms with van der Waals surface area (Å²) in [6.07, 6.45) is -3.29. The maximum absolute atomic E-state index is 13.4. The highest BCUT2D eigenvalue weighted by molar-refractivity contribution is 7.92. The third-order valence-corrected chi connectivity index (χ3v) is 6.94. The quantitative estimate of drug-likeness (QED) is 0.450. The number of amides is 2. The second-order valence-corrected chi connectivity index (χ2v) is 10.8. The molecule has 2 aromatic rings. The maximum atomic E-state index is 13.4. The van der Waals surface area contributed by atoms with E-state index in [0.717, 1.165) is 29.4 Å². The van der Waals surface area contributed by atoms with Crippen LogP contribution in [0.4, 0.5) is 18.9 Å². The molecular weight excluding hydrogens is 542 g/mol. The van der Waals surface area contributed by atoms with Gasteiger partial charge in [0.2, 0.25) is 21.8 Å². The van der Waals surface area contributed by atoms with E-state index in [1.807, 2.05) is 6.92 Å². The van der Waals surface area contributed by atoms with E-state index >= 15 is 0 Å². The normalized spacial score (nSPS) is 12.7. The van der Waals surface area contributed by atoms with Gasteiger partial charge in [-0.1, -0.05) is 42.3 Å². The third kappa shape index (κ3) is 8.01. The van der Waals surface area contributed by atoms with E-state index in [0.29, 0.717) is 33.9 Å². The molecule has 1 N–H and O–H groups in total. The molecule has 2 rings (SSSR count). The standard InChI is InChI=1S/C23H26Cl2F3N3O4S/c1-4-10-29-22(33)15(2)30(13-16-8-9-18(24)12-20(16)25)21(32)14-31(36(3,34)35)19-7-5-6-17(11-19)23(26,27)28/h5-9,11-12,15H,4,10,13-14H2,1-3H3,(H,29,33)/t15-/m1/s1. The smallest absolute Gasteiger partial charge is 0.354 e. The summed E-state index contributed by atoms with van der Waals surface area (Å²) in [4.78, 5) is 27.2. The molecule has 0 aliphatic heterocycles. The van der Waals surface area contributed by atoms with Crippen molar-refractivity contribution in [3.63, 3.8) is 0 Å². The van der Waals surface area contributed by atoms with Gasteiger partial charge in [0.15, 0.2) is 0 Å². The third-order valence-electron chi connectivity index (χ3n) is 5.21. The minimum atomic E-state index is -4.72. The van der Waals surface area contributed by atoms with Crippen molar-refractivity contribution in [2.24, 2.45) is 0 Å². The van der Waals surface area contributed by atoms with E-state index in [1.165, 1.54) is 13.0 Å². The van der Waals surface area contributed by atoms with Crippen LogP contribution in [0.25, 0.3) is 0 Å². The lowest BCUT2D eigenvalue weighted by atomic mass is 10.1. The second-order valence-electron chi connectivity index (χ2n) is 8.04. The zero-order valence-corrected chi connectivity index (χ0v) is 22.1. The molecule has 36 heavy (non-hydrogen) atoms. The Morgan fingerprint density at radius 1 is 1.11 bits per heavy atom. The fourth-order valence-corrected chi connectivity index (χ4v) is 4.57. The predicted octanol–water partition coefficient (Wildman–Crippen LogP) is 4.72. The first-order valence-corrected chi connectivity index (χ1v) is 13.4. The van der Waals surface area contributed by atoms with Crippen molar-refractivity contribution in [3.05, 3.63) is 63.6 Å². The van der Waals surface area contributed by atoms with Crippen LogP contribution in [0.5, 0.6) is 0 Å². The van der Waals surface area contributed by atoms with E-state index < -0.39 is 46.2 Å². The summed E-state index contributed by atoms with van der Waals surface area (Å²) in [5.74, 6) is -1.30. The average molecular weight is 568 g/mol. The number of carbonyl (C=O) groups excluding carboxylic acids is 2. The largest absolute Gasteiger partial charge is 0.416 e. The van der Waals surface area contributed by atoms with Gasteiger partial charge in [0.25, 0.3) is 0 Å². The lowest BCUT2D eigenvalue weighted by Crippen LogP contribution is -2.51. The molecule has 7 nitrogen and oxygen atoms in total.